The van der Waals surface area contributed by atoms with Crippen molar-refractivity contribution in [2.75, 3.05) is 13.6 Å². The highest BCUT2D eigenvalue weighted by Crippen LogP contribution is 2.11. The summed E-state index contributed by atoms with van der Waals surface area (Å²) in [5.41, 5.74) is -0.0466. The first kappa shape index (κ1) is 13.5. The molecular weight excluding hydrogens is 218 g/mol. The van der Waals surface area contributed by atoms with E-state index < -0.39 is 5.60 Å². The lowest BCUT2D eigenvalue weighted by Gasteiger charge is -2.25. The Kier molecular flexibility index (Phi) is 4.12. The molecule has 1 aromatic rings. The Morgan fingerprint density at radius 1 is 1.29 bits per heavy atom. The number of carbonyl (C=O) groups excluding carboxylic acids is 1. The van der Waals surface area contributed by atoms with Crippen LogP contribution in [0.15, 0.2) is 24.3 Å². The molecule has 1 rings (SSSR count). The molecule has 0 saturated carbocycles. The van der Waals surface area contributed by atoms with E-state index in [1.807, 2.05) is 0 Å². The fourth-order valence-corrected chi connectivity index (χ4v) is 1.59. The number of likely N-dealkylation sites (N-methyl/N-ethyl adjacent to an activating group) is 1. The van der Waals surface area contributed by atoms with Crippen molar-refractivity contribution in [2.24, 2.45) is 0 Å². The average molecular weight is 237 g/mol. The lowest BCUT2D eigenvalue weighted by molar-refractivity contribution is -0.131. The van der Waals surface area contributed by atoms with Crippen molar-refractivity contribution in [3.05, 3.63) is 29.8 Å². The molecule has 0 bridgehead atoms. The van der Waals surface area contributed by atoms with Gasteiger partial charge in [-0.05, 0) is 31.5 Å². The number of rotatable bonds is 4. The molecule has 0 aromatic heterocycles. The van der Waals surface area contributed by atoms with Gasteiger partial charge in [0.05, 0.1) is 12.0 Å². The summed E-state index contributed by atoms with van der Waals surface area (Å²) in [5.74, 6) is 0.129. The van der Waals surface area contributed by atoms with Crippen molar-refractivity contribution in [3.63, 3.8) is 0 Å². The first-order valence-corrected chi connectivity index (χ1v) is 5.52. The Balaban J connectivity index is 2.57. The van der Waals surface area contributed by atoms with Crippen LogP contribution in [0.1, 0.15) is 19.4 Å². The maximum absolute atomic E-state index is 11.8. The first-order valence-electron chi connectivity index (χ1n) is 5.52. The Labute approximate surface area is 101 Å². The summed E-state index contributed by atoms with van der Waals surface area (Å²) < 4.78 is 0. The molecule has 17 heavy (non-hydrogen) atoms. The maximum Gasteiger partial charge on any atom is 0.226 e. The fraction of sp³-hybridized carbons (Fsp3) is 0.462. The number of benzene rings is 1. The number of nitrogens with zero attached hydrogens (tertiary/aromatic N) is 1. The molecule has 0 aliphatic heterocycles. The van der Waals surface area contributed by atoms with E-state index in [4.69, 9.17) is 5.11 Å². The van der Waals surface area contributed by atoms with Crippen molar-refractivity contribution >= 4 is 5.91 Å². The monoisotopic (exact) mass is 237 g/mol. The number of phenols is 1. The summed E-state index contributed by atoms with van der Waals surface area (Å²) in [4.78, 5) is 13.3. The van der Waals surface area contributed by atoms with Crippen LogP contribution in [0.2, 0.25) is 0 Å². The molecule has 0 unspecified atom stereocenters. The van der Waals surface area contributed by atoms with Gasteiger partial charge in [-0.1, -0.05) is 12.1 Å². The predicted molar refractivity (Wildman–Crippen MR) is 65.7 cm³/mol. The molecule has 0 heterocycles. The van der Waals surface area contributed by atoms with E-state index in [1.54, 1.807) is 45.2 Å². The smallest absolute Gasteiger partial charge is 0.226 e. The van der Waals surface area contributed by atoms with Crippen molar-refractivity contribution in [1.29, 1.82) is 0 Å². The Hall–Kier alpha value is -1.55. The van der Waals surface area contributed by atoms with Crippen LogP contribution >= 0.6 is 0 Å². The SMILES string of the molecule is CN(CC(C)(C)O)C(=O)Cc1ccc(O)cc1. The summed E-state index contributed by atoms with van der Waals surface area (Å²) in [6.07, 6.45) is 0.271. The quantitative estimate of drug-likeness (QED) is 0.826. The van der Waals surface area contributed by atoms with Crippen molar-refractivity contribution in [1.82, 2.24) is 4.90 Å². The van der Waals surface area contributed by atoms with E-state index in [0.717, 1.165) is 5.56 Å². The largest absolute Gasteiger partial charge is 0.508 e. The number of aromatic hydroxyl groups is 1. The Bertz CT molecular complexity index is 379. The van der Waals surface area contributed by atoms with Gasteiger partial charge >= 0.3 is 0 Å². The molecule has 4 nitrogen and oxygen atoms in total. The van der Waals surface area contributed by atoms with Crippen LogP contribution in [-0.2, 0) is 11.2 Å². The molecule has 0 spiro atoms. The van der Waals surface area contributed by atoms with Crippen LogP contribution in [0.5, 0.6) is 5.75 Å². The van der Waals surface area contributed by atoms with Crippen LogP contribution in [0, 0.1) is 0 Å². The predicted octanol–water partition coefficient (Wildman–Crippen LogP) is 1.16. The maximum atomic E-state index is 11.8. The minimum atomic E-state index is -0.890. The van der Waals surface area contributed by atoms with Gasteiger partial charge in [-0.15, -0.1) is 0 Å². The van der Waals surface area contributed by atoms with Crippen LogP contribution in [0.3, 0.4) is 0 Å². The summed E-state index contributed by atoms with van der Waals surface area (Å²) >= 11 is 0. The fourth-order valence-electron chi connectivity index (χ4n) is 1.59. The van der Waals surface area contributed by atoms with Gasteiger partial charge in [0.2, 0.25) is 5.91 Å². The van der Waals surface area contributed by atoms with E-state index in [2.05, 4.69) is 0 Å². The van der Waals surface area contributed by atoms with Crippen molar-refractivity contribution < 1.29 is 15.0 Å². The second-order valence-corrected chi connectivity index (χ2v) is 4.91. The second-order valence-electron chi connectivity index (χ2n) is 4.91. The molecule has 1 aromatic carbocycles. The third-order valence-electron chi connectivity index (χ3n) is 2.34. The summed E-state index contributed by atoms with van der Waals surface area (Å²) in [7, 11) is 1.67. The van der Waals surface area contributed by atoms with Crippen molar-refractivity contribution in [2.45, 2.75) is 25.9 Å². The number of hydrogen-bond donors (Lipinski definition) is 2. The zero-order valence-corrected chi connectivity index (χ0v) is 10.5. The third-order valence-corrected chi connectivity index (χ3v) is 2.34. The average Bonchev–Trinajstić information content (AvgIpc) is 2.19. The molecule has 0 radical (unpaired) electrons. The molecule has 0 atom stereocenters. The van der Waals surface area contributed by atoms with E-state index in [9.17, 15) is 9.90 Å². The second kappa shape index (κ2) is 5.19. The Morgan fingerprint density at radius 2 is 1.82 bits per heavy atom. The standard InChI is InChI=1S/C13H19NO3/c1-13(2,17)9-14(3)12(16)8-10-4-6-11(15)7-5-10/h4-7,15,17H,8-9H2,1-3H3. The van der Waals surface area contributed by atoms with Gasteiger partial charge in [0, 0.05) is 13.6 Å². The number of phenolic OH excluding ortho intramolecular Hbond substituents is 1. The number of amides is 1. The number of aliphatic hydroxyl groups is 1. The van der Waals surface area contributed by atoms with Gasteiger partial charge in [-0.25, -0.2) is 0 Å². The molecule has 0 aliphatic rings. The lowest BCUT2D eigenvalue weighted by Crippen LogP contribution is -2.40. The number of hydrogen-bond acceptors (Lipinski definition) is 3. The molecule has 0 fully saturated rings. The first-order chi connectivity index (χ1) is 7.78. The van der Waals surface area contributed by atoms with Crippen LogP contribution < -0.4 is 0 Å². The third kappa shape index (κ3) is 4.87. The molecule has 4 heteroatoms. The van der Waals surface area contributed by atoms with Gasteiger partial charge < -0.3 is 15.1 Å². The lowest BCUT2D eigenvalue weighted by atomic mass is 10.1. The molecule has 0 saturated heterocycles. The van der Waals surface area contributed by atoms with E-state index in [-0.39, 0.29) is 18.1 Å². The van der Waals surface area contributed by atoms with E-state index in [1.165, 1.54) is 4.90 Å². The van der Waals surface area contributed by atoms with Crippen LogP contribution in [0.4, 0.5) is 0 Å². The van der Waals surface area contributed by atoms with Crippen molar-refractivity contribution in [3.8, 4) is 5.75 Å². The van der Waals surface area contributed by atoms with E-state index in [0.29, 0.717) is 6.54 Å². The molecule has 0 aliphatic carbocycles. The van der Waals surface area contributed by atoms with Gasteiger partial charge in [0.15, 0.2) is 0 Å². The zero-order valence-electron chi connectivity index (χ0n) is 10.5. The molecule has 1 amide bonds. The normalized spacial score (nSPS) is 11.3. The molecule has 2 N–H and O–H groups in total. The topological polar surface area (TPSA) is 60.8 Å². The van der Waals surface area contributed by atoms with Crippen LogP contribution in [0.25, 0.3) is 0 Å². The summed E-state index contributed by atoms with van der Waals surface area (Å²) in [6.45, 7) is 3.62. The highest BCUT2D eigenvalue weighted by Gasteiger charge is 2.19. The zero-order chi connectivity index (χ0) is 13.1. The van der Waals surface area contributed by atoms with Gasteiger partial charge in [-0.2, -0.15) is 0 Å². The highest BCUT2D eigenvalue weighted by atomic mass is 16.3. The minimum absolute atomic E-state index is 0.0576. The highest BCUT2D eigenvalue weighted by molar-refractivity contribution is 5.78. The van der Waals surface area contributed by atoms with Crippen LogP contribution in [-0.4, -0.2) is 40.2 Å². The van der Waals surface area contributed by atoms with E-state index >= 15 is 0 Å². The van der Waals surface area contributed by atoms with Gasteiger partial charge in [0.1, 0.15) is 5.75 Å². The summed E-state index contributed by atoms with van der Waals surface area (Å²) in [5, 5.41) is 18.7. The Morgan fingerprint density at radius 3 is 2.29 bits per heavy atom. The minimum Gasteiger partial charge on any atom is -0.508 e. The van der Waals surface area contributed by atoms with Gasteiger partial charge in [-0.3, -0.25) is 4.79 Å². The number of carbonyl (C=O) groups is 1. The van der Waals surface area contributed by atoms with Gasteiger partial charge in [0.25, 0.3) is 0 Å². The summed E-state index contributed by atoms with van der Waals surface area (Å²) in [6, 6.07) is 6.54. The molecular formula is C13H19NO3. The molecule has 94 valence electrons.